The van der Waals surface area contributed by atoms with Crippen LogP contribution in [0.3, 0.4) is 0 Å². The van der Waals surface area contributed by atoms with E-state index in [1.165, 1.54) is 0 Å². The molecule has 4 rings (SSSR count). The van der Waals surface area contributed by atoms with Gasteiger partial charge in [0.05, 0.1) is 32.6 Å². The lowest BCUT2D eigenvalue weighted by molar-refractivity contribution is 0.392. The minimum absolute atomic E-state index is 0.646. The SMILES string of the molecule is COc1cccc(-c2nnc3n2N=C(c2c(OC)cccc2OC)CS3)c1. The third kappa shape index (κ3) is 3.12. The summed E-state index contributed by atoms with van der Waals surface area (Å²) in [6.07, 6.45) is 0. The Labute approximate surface area is 161 Å². The van der Waals surface area contributed by atoms with Crippen LogP contribution in [0.4, 0.5) is 0 Å². The number of ether oxygens (including phenoxy) is 3. The minimum atomic E-state index is 0.646. The van der Waals surface area contributed by atoms with Crippen LogP contribution in [0.1, 0.15) is 5.56 Å². The van der Waals surface area contributed by atoms with Crippen molar-refractivity contribution in [2.45, 2.75) is 5.16 Å². The molecule has 0 amide bonds. The quantitative estimate of drug-likeness (QED) is 0.674. The molecule has 1 aromatic heterocycles. The molecular weight excluding hydrogens is 364 g/mol. The average Bonchev–Trinajstić information content (AvgIpc) is 3.16. The zero-order chi connectivity index (χ0) is 18.8. The zero-order valence-electron chi connectivity index (χ0n) is 15.2. The summed E-state index contributed by atoms with van der Waals surface area (Å²) in [7, 11) is 4.92. The number of methoxy groups -OCH3 is 3. The van der Waals surface area contributed by atoms with Crippen molar-refractivity contribution in [3.63, 3.8) is 0 Å². The van der Waals surface area contributed by atoms with E-state index in [4.69, 9.17) is 19.3 Å². The Morgan fingerprint density at radius 2 is 1.67 bits per heavy atom. The maximum Gasteiger partial charge on any atom is 0.212 e. The van der Waals surface area contributed by atoms with E-state index in [2.05, 4.69) is 10.2 Å². The molecule has 0 unspecified atom stereocenters. The number of hydrogen-bond acceptors (Lipinski definition) is 7. The average molecular weight is 382 g/mol. The molecule has 3 aromatic rings. The second kappa shape index (κ2) is 7.32. The van der Waals surface area contributed by atoms with Crippen molar-refractivity contribution in [1.29, 1.82) is 0 Å². The van der Waals surface area contributed by atoms with Crippen LogP contribution >= 0.6 is 11.8 Å². The lowest BCUT2D eigenvalue weighted by atomic mass is 10.1. The molecule has 0 saturated carbocycles. The Morgan fingerprint density at radius 3 is 2.37 bits per heavy atom. The lowest BCUT2D eigenvalue weighted by Gasteiger charge is -2.18. The Balaban J connectivity index is 1.84. The Morgan fingerprint density at radius 1 is 0.926 bits per heavy atom. The van der Waals surface area contributed by atoms with Gasteiger partial charge in [0, 0.05) is 11.3 Å². The molecule has 27 heavy (non-hydrogen) atoms. The summed E-state index contributed by atoms with van der Waals surface area (Å²) in [6.45, 7) is 0. The summed E-state index contributed by atoms with van der Waals surface area (Å²) < 4.78 is 18.1. The molecule has 0 fully saturated rings. The van der Waals surface area contributed by atoms with Gasteiger partial charge in [0.2, 0.25) is 5.16 Å². The van der Waals surface area contributed by atoms with Crippen molar-refractivity contribution in [2.24, 2.45) is 5.10 Å². The smallest absolute Gasteiger partial charge is 0.212 e. The normalized spacial score (nSPS) is 12.9. The third-order valence-electron chi connectivity index (χ3n) is 4.22. The predicted molar refractivity (Wildman–Crippen MR) is 104 cm³/mol. The molecule has 8 heteroatoms. The molecule has 0 spiro atoms. The van der Waals surface area contributed by atoms with Crippen LogP contribution in [-0.2, 0) is 0 Å². The van der Waals surface area contributed by atoms with Gasteiger partial charge in [-0.25, -0.2) is 0 Å². The first-order chi connectivity index (χ1) is 13.2. The monoisotopic (exact) mass is 382 g/mol. The van der Waals surface area contributed by atoms with Crippen LogP contribution in [0.5, 0.6) is 17.2 Å². The summed E-state index contributed by atoms with van der Waals surface area (Å²) >= 11 is 1.57. The van der Waals surface area contributed by atoms with E-state index in [0.717, 1.165) is 27.7 Å². The maximum absolute atomic E-state index is 5.53. The number of fused-ring (bicyclic) bond motifs is 1. The number of rotatable bonds is 5. The molecule has 0 atom stereocenters. The fourth-order valence-corrected chi connectivity index (χ4v) is 3.74. The highest BCUT2D eigenvalue weighted by Gasteiger charge is 2.24. The van der Waals surface area contributed by atoms with E-state index in [1.54, 1.807) is 37.8 Å². The van der Waals surface area contributed by atoms with Crippen LogP contribution in [-0.4, -0.2) is 47.7 Å². The molecule has 2 aromatic carbocycles. The van der Waals surface area contributed by atoms with E-state index in [0.29, 0.717) is 23.1 Å². The largest absolute Gasteiger partial charge is 0.497 e. The van der Waals surface area contributed by atoms with E-state index in [1.807, 2.05) is 42.5 Å². The minimum Gasteiger partial charge on any atom is -0.497 e. The van der Waals surface area contributed by atoms with Gasteiger partial charge < -0.3 is 14.2 Å². The third-order valence-corrected chi connectivity index (χ3v) is 5.15. The molecule has 7 nitrogen and oxygen atoms in total. The van der Waals surface area contributed by atoms with Crippen LogP contribution in [0.25, 0.3) is 11.4 Å². The first kappa shape index (κ1) is 17.4. The number of nitrogens with zero attached hydrogens (tertiary/aromatic N) is 4. The van der Waals surface area contributed by atoms with E-state index in [-0.39, 0.29) is 0 Å². The van der Waals surface area contributed by atoms with Crippen LogP contribution in [0.2, 0.25) is 0 Å². The topological polar surface area (TPSA) is 70.8 Å². The van der Waals surface area contributed by atoms with Gasteiger partial charge in [0.15, 0.2) is 5.82 Å². The van der Waals surface area contributed by atoms with Crippen LogP contribution < -0.4 is 14.2 Å². The summed E-state index contributed by atoms with van der Waals surface area (Å²) in [4.78, 5) is 0. The highest BCUT2D eigenvalue weighted by molar-refractivity contribution is 7.99. The molecule has 2 heterocycles. The van der Waals surface area contributed by atoms with Crippen molar-refractivity contribution in [3.05, 3.63) is 48.0 Å². The standard InChI is InChI=1S/C19H18N4O3S/c1-24-13-7-4-6-12(10-13)18-20-21-19-23(18)22-14(11-27-19)17-15(25-2)8-5-9-16(17)26-3/h4-10H,11H2,1-3H3. The second-order valence-electron chi connectivity index (χ2n) is 5.72. The summed E-state index contributed by atoms with van der Waals surface area (Å²) in [5.74, 6) is 3.49. The summed E-state index contributed by atoms with van der Waals surface area (Å²) in [5.41, 5.74) is 2.56. The van der Waals surface area contributed by atoms with Crippen molar-refractivity contribution >= 4 is 17.5 Å². The molecule has 0 radical (unpaired) electrons. The highest BCUT2D eigenvalue weighted by Crippen LogP contribution is 2.35. The lowest BCUT2D eigenvalue weighted by Crippen LogP contribution is -2.15. The molecule has 1 aliphatic heterocycles. The number of thioether (sulfide) groups is 1. The van der Waals surface area contributed by atoms with Gasteiger partial charge in [0.25, 0.3) is 0 Å². The Hall–Kier alpha value is -3.00. The van der Waals surface area contributed by atoms with Gasteiger partial charge in [-0.2, -0.15) is 9.78 Å². The number of benzene rings is 2. The van der Waals surface area contributed by atoms with Gasteiger partial charge in [-0.3, -0.25) is 0 Å². The first-order valence-corrected chi connectivity index (χ1v) is 9.25. The van der Waals surface area contributed by atoms with Crippen LogP contribution in [0, 0.1) is 0 Å². The fourth-order valence-electron chi connectivity index (χ4n) is 2.93. The predicted octanol–water partition coefficient (Wildman–Crippen LogP) is 3.33. The Kier molecular flexibility index (Phi) is 4.72. The second-order valence-corrected chi connectivity index (χ2v) is 6.67. The van der Waals surface area contributed by atoms with Crippen molar-refractivity contribution < 1.29 is 14.2 Å². The van der Waals surface area contributed by atoms with Gasteiger partial charge in [0.1, 0.15) is 17.2 Å². The maximum atomic E-state index is 5.53. The van der Waals surface area contributed by atoms with Crippen molar-refractivity contribution in [1.82, 2.24) is 14.9 Å². The highest BCUT2D eigenvalue weighted by atomic mass is 32.2. The van der Waals surface area contributed by atoms with Gasteiger partial charge in [-0.15, -0.1) is 10.2 Å². The Bertz CT molecular complexity index is 994. The zero-order valence-corrected chi connectivity index (χ0v) is 16.0. The van der Waals surface area contributed by atoms with Gasteiger partial charge in [-0.1, -0.05) is 30.0 Å². The molecule has 0 N–H and O–H groups in total. The summed E-state index contributed by atoms with van der Waals surface area (Å²) in [5, 5.41) is 14.1. The van der Waals surface area contributed by atoms with Gasteiger partial charge >= 0.3 is 0 Å². The van der Waals surface area contributed by atoms with Crippen molar-refractivity contribution in [2.75, 3.05) is 27.1 Å². The summed E-state index contributed by atoms with van der Waals surface area (Å²) in [6, 6.07) is 13.4. The molecule has 0 bridgehead atoms. The first-order valence-electron chi connectivity index (χ1n) is 8.27. The van der Waals surface area contributed by atoms with E-state index in [9.17, 15) is 0 Å². The van der Waals surface area contributed by atoms with E-state index >= 15 is 0 Å². The molecular formula is C19H18N4O3S. The number of aromatic nitrogens is 3. The molecule has 1 aliphatic rings. The molecule has 0 saturated heterocycles. The van der Waals surface area contributed by atoms with E-state index < -0.39 is 0 Å². The fraction of sp³-hybridized carbons (Fsp3) is 0.211. The molecule has 138 valence electrons. The van der Waals surface area contributed by atoms with Crippen molar-refractivity contribution in [3.8, 4) is 28.6 Å². The van der Waals surface area contributed by atoms with Crippen LogP contribution in [0.15, 0.2) is 52.7 Å². The molecule has 0 aliphatic carbocycles. The number of hydrogen-bond donors (Lipinski definition) is 0. The van der Waals surface area contributed by atoms with Gasteiger partial charge in [-0.05, 0) is 24.3 Å².